The molecular weight excluding hydrogens is 287 g/mol. The average Bonchev–Trinajstić information content (AvgIpc) is 2.08. The van der Waals surface area contributed by atoms with E-state index in [-0.39, 0.29) is 12.1 Å². The van der Waals surface area contributed by atoms with E-state index in [1.54, 1.807) is 0 Å². The van der Waals surface area contributed by atoms with Gasteiger partial charge in [0.25, 0.3) is 0 Å². The fraction of sp³-hybridized carbons (Fsp3) is 0.875. The molecule has 3 atom stereocenters. The molecule has 0 amide bonds. The second-order valence-electron chi connectivity index (χ2n) is 2.99. The zero-order valence-electron chi connectivity index (χ0n) is 7.40. The summed E-state index contributed by atoms with van der Waals surface area (Å²) >= 11 is 2.14. The van der Waals surface area contributed by atoms with Gasteiger partial charge < -0.3 is 14.6 Å². The lowest BCUT2D eigenvalue weighted by Crippen LogP contribution is -2.47. The van der Waals surface area contributed by atoms with Crippen LogP contribution in [0.25, 0.3) is 0 Å². The van der Waals surface area contributed by atoms with Crippen LogP contribution in [0.4, 0.5) is 0 Å². The molecule has 13 heavy (non-hydrogen) atoms. The molecule has 0 aromatic heterocycles. The number of halogens is 1. The minimum Gasteiger partial charge on any atom is -0.460 e. The SMILES string of the molecule is CC(=O)O[C@@H]1CCO[C@H](CI)[C@H]1O. The molecule has 0 aromatic rings. The number of carbonyl (C=O) groups excluding carboxylic acids is 1. The van der Waals surface area contributed by atoms with Crippen LogP contribution < -0.4 is 0 Å². The van der Waals surface area contributed by atoms with E-state index in [9.17, 15) is 9.90 Å². The quantitative estimate of drug-likeness (QED) is 0.458. The first kappa shape index (κ1) is 11.2. The van der Waals surface area contributed by atoms with Crippen LogP contribution in [0, 0.1) is 0 Å². The van der Waals surface area contributed by atoms with Gasteiger partial charge >= 0.3 is 5.97 Å². The van der Waals surface area contributed by atoms with Gasteiger partial charge in [0.1, 0.15) is 12.2 Å². The maximum absolute atomic E-state index is 10.7. The van der Waals surface area contributed by atoms with Crippen LogP contribution in [0.15, 0.2) is 0 Å². The molecule has 1 fully saturated rings. The molecule has 1 aliphatic heterocycles. The molecule has 1 heterocycles. The molecule has 0 aromatic carbocycles. The average molecular weight is 300 g/mol. The monoisotopic (exact) mass is 300 g/mol. The number of aliphatic hydroxyl groups excluding tert-OH is 1. The molecule has 1 rings (SSSR count). The molecule has 0 unspecified atom stereocenters. The van der Waals surface area contributed by atoms with Crippen LogP contribution in [-0.4, -0.2) is 40.4 Å². The lowest BCUT2D eigenvalue weighted by atomic mass is 10.0. The third kappa shape index (κ3) is 3.07. The van der Waals surface area contributed by atoms with Crippen molar-refractivity contribution < 1.29 is 19.4 Å². The molecule has 0 aliphatic carbocycles. The molecule has 0 bridgehead atoms. The second-order valence-corrected chi connectivity index (χ2v) is 3.87. The maximum Gasteiger partial charge on any atom is 0.302 e. The van der Waals surface area contributed by atoms with Crippen molar-refractivity contribution in [1.29, 1.82) is 0 Å². The highest BCUT2D eigenvalue weighted by atomic mass is 127. The molecule has 5 heteroatoms. The van der Waals surface area contributed by atoms with Crippen LogP contribution in [0.3, 0.4) is 0 Å². The van der Waals surface area contributed by atoms with E-state index in [1.807, 2.05) is 0 Å². The highest BCUT2D eigenvalue weighted by Gasteiger charge is 2.33. The molecule has 0 spiro atoms. The Bertz CT molecular complexity index is 185. The largest absolute Gasteiger partial charge is 0.460 e. The Balaban J connectivity index is 2.49. The number of ether oxygens (including phenoxy) is 2. The van der Waals surface area contributed by atoms with E-state index >= 15 is 0 Å². The normalized spacial score (nSPS) is 34.2. The van der Waals surface area contributed by atoms with Crippen molar-refractivity contribution in [3.05, 3.63) is 0 Å². The number of esters is 1. The fourth-order valence-corrected chi connectivity index (χ4v) is 2.10. The van der Waals surface area contributed by atoms with E-state index in [4.69, 9.17) is 9.47 Å². The van der Waals surface area contributed by atoms with E-state index in [1.165, 1.54) is 6.92 Å². The topological polar surface area (TPSA) is 55.8 Å². The van der Waals surface area contributed by atoms with Gasteiger partial charge in [-0.05, 0) is 0 Å². The highest BCUT2D eigenvalue weighted by molar-refractivity contribution is 14.1. The van der Waals surface area contributed by atoms with Crippen LogP contribution in [-0.2, 0) is 14.3 Å². The van der Waals surface area contributed by atoms with Crippen LogP contribution in [0.1, 0.15) is 13.3 Å². The van der Waals surface area contributed by atoms with E-state index < -0.39 is 12.2 Å². The maximum atomic E-state index is 10.7. The number of alkyl halides is 1. The first-order chi connectivity index (χ1) is 6.15. The number of rotatable bonds is 2. The van der Waals surface area contributed by atoms with Gasteiger partial charge in [-0.1, -0.05) is 22.6 Å². The minimum absolute atomic E-state index is 0.210. The van der Waals surface area contributed by atoms with E-state index in [0.29, 0.717) is 17.5 Å². The zero-order chi connectivity index (χ0) is 9.84. The minimum atomic E-state index is -0.686. The first-order valence-electron chi connectivity index (χ1n) is 4.18. The summed E-state index contributed by atoms with van der Waals surface area (Å²) in [4.78, 5) is 10.7. The van der Waals surface area contributed by atoms with Crippen LogP contribution in [0.2, 0.25) is 0 Å². The molecule has 0 radical (unpaired) electrons. The summed E-state index contributed by atoms with van der Waals surface area (Å²) in [6, 6.07) is 0. The van der Waals surface area contributed by atoms with Gasteiger partial charge in [-0.15, -0.1) is 0 Å². The van der Waals surface area contributed by atoms with Gasteiger partial charge in [0.05, 0.1) is 12.7 Å². The van der Waals surface area contributed by atoms with Crippen molar-refractivity contribution in [2.75, 3.05) is 11.0 Å². The Morgan fingerprint density at radius 1 is 1.77 bits per heavy atom. The van der Waals surface area contributed by atoms with Gasteiger partial charge in [0, 0.05) is 17.8 Å². The summed E-state index contributed by atoms with van der Waals surface area (Å²) in [6.07, 6.45) is -0.715. The van der Waals surface area contributed by atoms with Crippen LogP contribution in [0.5, 0.6) is 0 Å². The Morgan fingerprint density at radius 2 is 2.46 bits per heavy atom. The summed E-state index contributed by atoms with van der Waals surface area (Å²) < 4.78 is 11.0. The summed E-state index contributed by atoms with van der Waals surface area (Å²) in [5.74, 6) is -0.349. The number of hydrogen-bond acceptors (Lipinski definition) is 4. The fourth-order valence-electron chi connectivity index (χ4n) is 1.32. The second kappa shape index (κ2) is 5.11. The van der Waals surface area contributed by atoms with Gasteiger partial charge in [0.15, 0.2) is 0 Å². The Hall–Kier alpha value is 0.120. The summed E-state index contributed by atoms with van der Waals surface area (Å²) in [5.41, 5.74) is 0. The Kier molecular flexibility index (Phi) is 4.40. The van der Waals surface area contributed by atoms with Crippen molar-refractivity contribution in [2.24, 2.45) is 0 Å². The van der Waals surface area contributed by atoms with Gasteiger partial charge in [0.2, 0.25) is 0 Å². The first-order valence-corrected chi connectivity index (χ1v) is 5.70. The van der Waals surface area contributed by atoms with Crippen LogP contribution >= 0.6 is 22.6 Å². The lowest BCUT2D eigenvalue weighted by molar-refractivity contribution is -0.171. The van der Waals surface area contributed by atoms with Crippen molar-refractivity contribution >= 4 is 28.6 Å². The molecule has 0 saturated carbocycles. The molecular formula is C8H13IO4. The predicted octanol–water partition coefficient (Wildman–Crippen LogP) is 0.503. The molecule has 1 saturated heterocycles. The van der Waals surface area contributed by atoms with E-state index in [2.05, 4.69) is 22.6 Å². The molecule has 1 aliphatic rings. The summed E-state index contributed by atoms with van der Waals surface area (Å²) in [5, 5.41) is 9.67. The Morgan fingerprint density at radius 3 is 3.00 bits per heavy atom. The van der Waals surface area contributed by atoms with Gasteiger partial charge in [-0.3, -0.25) is 4.79 Å². The van der Waals surface area contributed by atoms with E-state index in [0.717, 1.165) is 0 Å². The smallest absolute Gasteiger partial charge is 0.302 e. The van der Waals surface area contributed by atoms with Crippen molar-refractivity contribution in [3.63, 3.8) is 0 Å². The van der Waals surface area contributed by atoms with Crippen molar-refractivity contribution in [3.8, 4) is 0 Å². The predicted molar refractivity (Wildman–Crippen MR) is 54.8 cm³/mol. The highest BCUT2D eigenvalue weighted by Crippen LogP contribution is 2.19. The third-order valence-electron chi connectivity index (χ3n) is 1.97. The summed E-state index contributed by atoms with van der Waals surface area (Å²) in [7, 11) is 0. The zero-order valence-corrected chi connectivity index (χ0v) is 9.56. The summed E-state index contributed by atoms with van der Waals surface area (Å²) in [6.45, 7) is 1.89. The lowest BCUT2D eigenvalue weighted by Gasteiger charge is -2.33. The number of hydrogen-bond donors (Lipinski definition) is 1. The number of carbonyl (C=O) groups is 1. The molecule has 4 nitrogen and oxygen atoms in total. The Labute approximate surface area is 90.7 Å². The van der Waals surface area contributed by atoms with Gasteiger partial charge in [-0.25, -0.2) is 0 Å². The van der Waals surface area contributed by atoms with Gasteiger partial charge in [-0.2, -0.15) is 0 Å². The standard InChI is InChI=1S/C8H13IO4/c1-5(10)13-6-2-3-12-7(4-9)8(6)11/h6-8,11H,2-4H2,1H3/t6-,7-,8+/m1/s1. The molecule has 1 N–H and O–H groups in total. The number of aliphatic hydroxyl groups is 1. The van der Waals surface area contributed by atoms with Crippen molar-refractivity contribution in [2.45, 2.75) is 31.7 Å². The third-order valence-corrected chi connectivity index (χ3v) is 2.83. The molecule has 76 valence electrons. The van der Waals surface area contributed by atoms with Crippen molar-refractivity contribution in [1.82, 2.24) is 0 Å².